The van der Waals surface area contributed by atoms with Gasteiger partial charge in [-0.2, -0.15) is 0 Å². The summed E-state index contributed by atoms with van der Waals surface area (Å²) >= 11 is 11.7. The van der Waals surface area contributed by atoms with E-state index in [1.54, 1.807) is 12.1 Å². The number of hydrogen-bond acceptors (Lipinski definition) is 2. The number of carbonyl (C=O) groups excluding carboxylic acids is 1. The summed E-state index contributed by atoms with van der Waals surface area (Å²) in [7, 11) is 0. The van der Waals surface area contributed by atoms with Gasteiger partial charge in [0, 0.05) is 30.6 Å². The van der Waals surface area contributed by atoms with Crippen molar-refractivity contribution >= 4 is 35.3 Å². The number of halogens is 4. The lowest BCUT2D eigenvalue weighted by atomic mass is 9.83. The molecule has 1 aliphatic rings. The van der Waals surface area contributed by atoms with Crippen molar-refractivity contribution in [3.05, 3.63) is 63.1 Å². The average Bonchev–Trinajstić information content (AvgIpc) is 3.03. The first-order chi connectivity index (χ1) is 11.5. The summed E-state index contributed by atoms with van der Waals surface area (Å²) in [5, 5.41) is 5.80. The van der Waals surface area contributed by atoms with Crippen molar-refractivity contribution in [1.82, 2.24) is 5.32 Å². The first kappa shape index (κ1) is 17.1. The molecular weight excluding hydrogens is 357 g/mol. The van der Waals surface area contributed by atoms with Crippen LogP contribution in [0.1, 0.15) is 23.0 Å². The van der Waals surface area contributed by atoms with Crippen LogP contribution < -0.4 is 10.6 Å². The van der Waals surface area contributed by atoms with Crippen LogP contribution in [0.2, 0.25) is 10.0 Å². The fraction of sp³-hybridized carbons (Fsp3) is 0.235. The van der Waals surface area contributed by atoms with Crippen LogP contribution in [0, 0.1) is 11.6 Å². The highest BCUT2D eigenvalue weighted by Gasteiger charge is 2.32. The van der Waals surface area contributed by atoms with Crippen molar-refractivity contribution in [2.24, 2.45) is 0 Å². The summed E-state index contributed by atoms with van der Waals surface area (Å²) in [6.07, 6.45) is 0.527. The smallest absolute Gasteiger partial charge is 0.211 e. The molecule has 126 valence electrons. The molecule has 0 saturated carbocycles. The third kappa shape index (κ3) is 3.24. The third-order valence-electron chi connectivity index (χ3n) is 4.29. The molecule has 0 spiro atoms. The molecule has 2 N–H and O–H groups in total. The lowest BCUT2D eigenvalue weighted by molar-refractivity contribution is -0.105. The van der Waals surface area contributed by atoms with E-state index in [2.05, 4.69) is 10.6 Å². The quantitative estimate of drug-likeness (QED) is 0.787. The Bertz CT molecular complexity index is 785. The lowest BCUT2D eigenvalue weighted by Gasteiger charge is -2.22. The molecule has 0 aliphatic carbocycles. The largest absolute Gasteiger partial charge is 0.328 e. The SMILES string of the molecule is O=CNc1cc(Cl)c(F)cc1C1CNC[C@@H]1c1ccc(F)c(Cl)c1. The minimum Gasteiger partial charge on any atom is -0.328 e. The minimum atomic E-state index is -0.550. The number of benzene rings is 2. The second-order valence-corrected chi connectivity index (χ2v) is 6.47. The monoisotopic (exact) mass is 370 g/mol. The molecule has 0 bridgehead atoms. The predicted molar refractivity (Wildman–Crippen MR) is 90.9 cm³/mol. The fourth-order valence-corrected chi connectivity index (χ4v) is 3.51. The van der Waals surface area contributed by atoms with Crippen molar-refractivity contribution in [2.75, 3.05) is 18.4 Å². The van der Waals surface area contributed by atoms with E-state index in [0.29, 0.717) is 30.8 Å². The molecule has 1 saturated heterocycles. The molecule has 2 atom stereocenters. The van der Waals surface area contributed by atoms with Gasteiger partial charge in [0.1, 0.15) is 11.6 Å². The number of amides is 1. The van der Waals surface area contributed by atoms with Gasteiger partial charge in [0.2, 0.25) is 6.41 Å². The van der Waals surface area contributed by atoms with Crippen LogP contribution in [0.4, 0.5) is 14.5 Å². The van der Waals surface area contributed by atoms with E-state index in [1.807, 2.05) is 0 Å². The summed E-state index contributed by atoms with van der Waals surface area (Å²) in [5.74, 6) is -1.17. The van der Waals surface area contributed by atoms with E-state index < -0.39 is 11.6 Å². The van der Waals surface area contributed by atoms with E-state index in [0.717, 1.165) is 5.56 Å². The second kappa shape index (κ2) is 7.05. The molecule has 2 aromatic carbocycles. The van der Waals surface area contributed by atoms with Crippen LogP contribution >= 0.6 is 23.2 Å². The number of anilines is 1. The highest BCUT2D eigenvalue weighted by atomic mass is 35.5. The molecule has 1 unspecified atom stereocenters. The molecule has 3 nitrogen and oxygen atoms in total. The Labute approximate surface area is 148 Å². The van der Waals surface area contributed by atoms with Crippen LogP contribution in [-0.4, -0.2) is 19.5 Å². The van der Waals surface area contributed by atoms with Crippen molar-refractivity contribution in [1.29, 1.82) is 0 Å². The van der Waals surface area contributed by atoms with Gasteiger partial charge in [-0.1, -0.05) is 29.3 Å². The van der Waals surface area contributed by atoms with Gasteiger partial charge in [-0.15, -0.1) is 0 Å². The van der Waals surface area contributed by atoms with Gasteiger partial charge in [-0.05, 0) is 35.4 Å². The molecule has 0 radical (unpaired) electrons. The minimum absolute atomic E-state index is 0.0316. The fourth-order valence-electron chi connectivity index (χ4n) is 3.16. The Morgan fingerprint density at radius 3 is 2.46 bits per heavy atom. The Morgan fingerprint density at radius 1 is 1.04 bits per heavy atom. The highest BCUT2D eigenvalue weighted by molar-refractivity contribution is 6.31. The summed E-state index contributed by atoms with van der Waals surface area (Å²) in [6.45, 7) is 1.23. The summed E-state index contributed by atoms with van der Waals surface area (Å²) in [5.41, 5.74) is 1.95. The van der Waals surface area contributed by atoms with Crippen molar-refractivity contribution < 1.29 is 13.6 Å². The van der Waals surface area contributed by atoms with Gasteiger partial charge in [-0.3, -0.25) is 4.79 Å². The second-order valence-electron chi connectivity index (χ2n) is 5.66. The normalized spacial score (nSPS) is 20.2. The van der Waals surface area contributed by atoms with E-state index in [-0.39, 0.29) is 21.9 Å². The highest BCUT2D eigenvalue weighted by Crippen LogP contribution is 2.41. The van der Waals surface area contributed by atoms with Gasteiger partial charge >= 0.3 is 0 Å². The molecule has 2 aromatic rings. The number of carbonyl (C=O) groups is 1. The first-order valence-corrected chi connectivity index (χ1v) is 8.11. The van der Waals surface area contributed by atoms with Crippen LogP contribution in [0.5, 0.6) is 0 Å². The molecule has 3 rings (SSSR count). The molecule has 1 amide bonds. The van der Waals surface area contributed by atoms with Gasteiger partial charge in [0.25, 0.3) is 0 Å². The molecule has 0 aromatic heterocycles. The van der Waals surface area contributed by atoms with Crippen molar-refractivity contribution in [2.45, 2.75) is 11.8 Å². The van der Waals surface area contributed by atoms with Gasteiger partial charge in [-0.25, -0.2) is 8.78 Å². The van der Waals surface area contributed by atoms with E-state index in [9.17, 15) is 13.6 Å². The van der Waals surface area contributed by atoms with Crippen molar-refractivity contribution in [3.63, 3.8) is 0 Å². The van der Waals surface area contributed by atoms with Crippen LogP contribution in [0.15, 0.2) is 30.3 Å². The molecule has 7 heteroatoms. The first-order valence-electron chi connectivity index (χ1n) is 7.36. The topological polar surface area (TPSA) is 41.1 Å². The number of nitrogens with one attached hydrogen (secondary N) is 2. The van der Waals surface area contributed by atoms with Crippen LogP contribution in [0.3, 0.4) is 0 Å². The molecule has 24 heavy (non-hydrogen) atoms. The summed E-state index contributed by atoms with van der Waals surface area (Å²) in [6, 6.07) is 7.31. The zero-order valence-corrected chi connectivity index (χ0v) is 14.0. The Balaban J connectivity index is 2.02. The van der Waals surface area contributed by atoms with E-state index >= 15 is 0 Å². The van der Waals surface area contributed by atoms with Gasteiger partial charge < -0.3 is 10.6 Å². The standard InChI is InChI=1S/C17H14Cl2F2N2O/c18-13-3-9(1-2-15(13)20)11-6-22-7-12(11)10-4-16(21)14(19)5-17(10)23-8-24/h1-5,8,11-12,22H,6-7H2,(H,23,24)/t11-,12?/m1/s1. The van der Waals surface area contributed by atoms with Crippen molar-refractivity contribution in [3.8, 4) is 0 Å². The average molecular weight is 371 g/mol. The summed E-state index contributed by atoms with van der Waals surface area (Å²) in [4.78, 5) is 10.8. The van der Waals surface area contributed by atoms with Gasteiger partial charge in [0.05, 0.1) is 10.0 Å². The van der Waals surface area contributed by atoms with Crippen LogP contribution in [0.25, 0.3) is 0 Å². The number of rotatable bonds is 4. The van der Waals surface area contributed by atoms with E-state index in [4.69, 9.17) is 23.2 Å². The maximum absolute atomic E-state index is 14.0. The predicted octanol–water partition coefficient (Wildman–Crippen LogP) is 4.31. The molecule has 1 aliphatic heterocycles. The maximum Gasteiger partial charge on any atom is 0.211 e. The van der Waals surface area contributed by atoms with E-state index in [1.165, 1.54) is 18.2 Å². The molecular formula is C17H14Cl2F2N2O. The molecule has 1 fully saturated rings. The lowest BCUT2D eigenvalue weighted by Crippen LogP contribution is -2.12. The number of hydrogen-bond donors (Lipinski definition) is 2. The Hall–Kier alpha value is -1.69. The maximum atomic E-state index is 14.0. The Morgan fingerprint density at radius 2 is 1.75 bits per heavy atom. The van der Waals surface area contributed by atoms with Crippen LogP contribution in [-0.2, 0) is 4.79 Å². The summed E-state index contributed by atoms with van der Waals surface area (Å²) < 4.78 is 27.4. The third-order valence-corrected chi connectivity index (χ3v) is 4.87. The zero-order chi connectivity index (χ0) is 17.3. The Kier molecular flexibility index (Phi) is 5.04. The zero-order valence-electron chi connectivity index (χ0n) is 12.5. The van der Waals surface area contributed by atoms with Gasteiger partial charge in [0.15, 0.2) is 0 Å². The molecule has 1 heterocycles.